The fourth-order valence-electron chi connectivity index (χ4n) is 4.35. The van der Waals surface area contributed by atoms with E-state index in [0.717, 1.165) is 53.8 Å². The Balaban J connectivity index is 1.49. The molecular formula is C23H21ClN2O. The van der Waals surface area contributed by atoms with Crippen molar-refractivity contribution in [2.24, 2.45) is 0 Å². The molecule has 0 bridgehead atoms. The van der Waals surface area contributed by atoms with Gasteiger partial charge in [0.05, 0.1) is 10.5 Å². The Morgan fingerprint density at radius 3 is 2.70 bits per heavy atom. The molecule has 3 nitrogen and oxygen atoms in total. The number of pyridine rings is 1. The second-order valence-corrected chi connectivity index (χ2v) is 7.91. The van der Waals surface area contributed by atoms with Crippen molar-refractivity contribution in [1.29, 1.82) is 0 Å². The molecule has 0 spiro atoms. The molecule has 1 aliphatic heterocycles. The number of carbonyl (C=O) groups is 1. The number of carbonyl (C=O) groups excluding carboxylic acids is 1. The Bertz CT molecular complexity index is 1060. The maximum atomic E-state index is 13.1. The van der Waals surface area contributed by atoms with E-state index in [1.165, 1.54) is 23.1 Å². The van der Waals surface area contributed by atoms with Crippen LogP contribution in [0.5, 0.6) is 0 Å². The van der Waals surface area contributed by atoms with Crippen molar-refractivity contribution < 1.29 is 4.79 Å². The lowest BCUT2D eigenvalue weighted by Gasteiger charge is -2.29. The van der Waals surface area contributed by atoms with Crippen LogP contribution in [0, 0.1) is 0 Å². The van der Waals surface area contributed by atoms with Crippen LogP contribution in [0.3, 0.4) is 0 Å². The van der Waals surface area contributed by atoms with E-state index in [0.29, 0.717) is 12.1 Å². The summed E-state index contributed by atoms with van der Waals surface area (Å²) in [6.45, 7) is 1.43. The van der Waals surface area contributed by atoms with Gasteiger partial charge in [0.1, 0.15) is 0 Å². The Labute approximate surface area is 164 Å². The van der Waals surface area contributed by atoms with Gasteiger partial charge in [0.25, 0.3) is 5.91 Å². The van der Waals surface area contributed by atoms with E-state index in [1.54, 1.807) is 0 Å². The largest absolute Gasteiger partial charge is 0.334 e. The molecule has 136 valence electrons. The van der Waals surface area contributed by atoms with Crippen LogP contribution in [0.4, 0.5) is 0 Å². The molecule has 0 saturated heterocycles. The summed E-state index contributed by atoms with van der Waals surface area (Å²) in [5.41, 5.74) is 6.43. The summed E-state index contributed by atoms with van der Waals surface area (Å²) in [4.78, 5) is 19.9. The molecule has 2 aliphatic rings. The molecule has 0 atom stereocenters. The second kappa shape index (κ2) is 6.65. The summed E-state index contributed by atoms with van der Waals surface area (Å²) in [5, 5.41) is 1.78. The van der Waals surface area contributed by atoms with Crippen molar-refractivity contribution >= 4 is 28.4 Å². The van der Waals surface area contributed by atoms with E-state index in [-0.39, 0.29) is 5.91 Å². The fraction of sp³-hybridized carbons (Fsp3) is 0.304. The summed E-state index contributed by atoms with van der Waals surface area (Å²) in [7, 11) is 0. The third-order valence-corrected chi connectivity index (χ3v) is 6.29. The second-order valence-electron chi connectivity index (χ2n) is 7.54. The van der Waals surface area contributed by atoms with E-state index < -0.39 is 0 Å². The van der Waals surface area contributed by atoms with Crippen molar-refractivity contribution in [3.63, 3.8) is 0 Å². The first kappa shape index (κ1) is 16.8. The van der Waals surface area contributed by atoms with Crippen LogP contribution in [-0.2, 0) is 25.8 Å². The number of hydrogen-bond acceptors (Lipinski definition) is 2. The molecule has 0 N–H and O–H groups in total. The number of aryl methyl sites for hydroxylation is 1. The molecule has 2 aromatic carbocycles. The lowest BCUT2D eigenvalue weighted by Crippen LogP contribution is -2.35. The van der Waals surface area contributed by atoms with Gasteiger partial charge in [-0.05, 0) is 60.9 Å². The highest BCUT2D eigenvalue weighted by Crippen LogP contribution is 2.33. The predicted octanol–water partition coefficient (Wildman–Crippen LogP) is 4.97. The third-order valence-electron chi connectivity index (χ3n) is 5.86. The predicted molar refractivity (Wildman–Crippen MR) is 108 cm³/mol. The minimum absolute atomic E-state index is 0.0713. The highest BCUT2D eigenvalue weighted by molar-refractivity contribution is 6.36. The molecule has 0 fully saturated rings. The summed E-state index contributed by atoms with van der Waals surface area (Å²) in [6, 6.07) is 14.1. The number of hydrogen-bond donors (Lipinski definition) is 0. The van der Waals surface area contributed by atoms with Crippen molar-refractivity contribution in [2.75, 3.05) is 6.54 Å². The van der Waals surface area contributed by atoms with Crippen LogP contribution in [0.1, 0.15) is 45.6 Å². The smallest absolute Gasteiger partial charge is 0.254 e. The van der Waals surface area contributed by atoms with Crippen LogP contribution in [0.15, 0.2) is 42.5 Å². The van der Waals surface area contributed by atoms with Gasteiger partial charge in [-0.2, -0.15) is 0 Å². The summed E-state index contributed by atoms with van der Waals surface area (Å²) in [5.74, 6) is 0.0713. The van der Waals surface area contributed by atoms with Gasteiger partial charge in [0.2, 0.25) is 0 Å². The van der Waals surface area contributed by atoms with E-state index in [1.807, 2.05) is 29.2 Å². The Morgan fingerprint density at radius 1 is 1.00 bits per heavy atom. The summed E-state index contributed by atoms with van der Waals surface area (Å²) < 4.78 is 0. The number of rotatable bonds is 1. The van der Waals surface area contributed by atoms with Gasteiger partial charge in [-0.25, -0.2) is 0 Å². The van der Waals surface area contributed by atoms with Crippen LogP contribution >= 0.6 is 11.6 Å². The molecule has 27 heavy (non-hydrogen) atoms. The first-order valence-corrected chi connectivity index (χ1v) is 10.1. The maximum Gasteiger partial charge on any atom is 0.254 e. The first-order chi connectivity index (χ1) is 13.2. The van der Waals surface area contributed by atoms with Crippen molar-refractivity contribution in [3.05, 3.63) is 75.4 Å². The zero-order chi connectivity index (χ0) is 18.4. The lowest BCUT2D eigenvalue weighted by atomic mass is 9.94. The molecule has 5 rings (SSSR count). The zero-order valence-corrected chi connectivity index (χ0v) is 15.9. The van der Waals surface area contributed by atoms with Crippen molar-refractivity contribution in [1.82, 2.24) is 9.88 Å². The third kappa shape index (κ3) is 2.90. The quantitative estimate of drug-likeness (QED) is 0.601. The maximum absolute atomic E-state index is 13.1. The number of fused-ring (bicyclic) bond motifs is 3. The average molecular weight is 377 g/mol. The molecule has 2 heterocycles. The monoisotopic (exact) mass is 376 g/mol. The number of halogens is 1. The number of aromatic nitrogens is 1. The molecule has 0 saturated carbocycles. The van der Waals surface area contributed by atoms with Gasteiger partial charge in [0, 0.05) is 29.7 Å². The summed E-state index contributed by atoms with van der Waals surface area (Å²) >= 11 is 6.66. The SMILES string of the molecule is O=C(c1ccc2c(Cl)c3c(nc2c1)CCCC3)N1CCc2ccccc2C1. The van der Waals surface area contributed by atoms with E-state index in [9.17, 15) is 4.79 Å². The molecular weight excluding hydrogens is 356 g/mol. The molecule has 1 amide bonds. The summed E-state index contributed by atoms with van der Waals surface area (Å²) in [6.07, 6.45) is 5.23. The fourth-order valence-corrected chi connectivity index (χ4v) is 4.71. The van der Waals surface area contributed by atoms with Crippen LogP contribution in [0.25, 0.3) is 10.9 Å². The average Bonchev–Trinajstić information content (AvgIpc) is 2.72. The minimum Gasteiger partial charge on any atom is -0.334 e. The molecule has 0 radical (unpaired) electrons. The number of amides is 1. The van der Waals surface area contributed by atoms with E-state index in [2.05, 4.69) is 18.2 Å². The van der Waals surface area contributed by atoms with E-state index in [4.69, 9.17) is 16.6 Å². The number of nitrogens with zero attached hydrogens (tertiary/aromatic N) is 2. The molecule has 4 heteroatoms. The Hall–Kier alpha value is -2.39. The van der Waals surface area contributed by atoms with Crippen molar-refractivity contribution in [3.8, 4) is 0 Å². The lowest BCUT2D eigenvalue weighted by molar-refractivity contribution is 0.0735. The molecule has 1 aliphatic carbocycles. The van der Waals surface area contributed by atoms with Crippen LogP contribution in [-0.4, -0.2) is 22.3 Å². The van der Waals surface area contributed by atoms with Gasteiger partial charge in [-0.1, -0.05) is 41.9 Å². The highest BCUT2D eigenvalue weighted by atomic mass is 35.5. The van der Waals surface area contributed by atoms with Gasteiger partial charge in [-0.3, -0.25) is 9.78 Å². The van der Waals surface area contributed by atoms with Crippen LogP contribution < -0.4 is 0 Å². The molecule has 1 aromatic heterocycles. The highest BCUT2D eigenvalue weighted by Gasteiger charge is 2.23. The van der Waals surface area contributed by atoms with Gasteiger partial charge < -0.3 is 4.90 Å². The molecule has 3 aromatic rings. The Morgan fingerprint density at radius 2 is 1.81 bits per heavy atom. The minimum atomic E-state index is 0.0713. The van der Waals surface area contributed by atoms with Crippen LogP contribution in [0.2, 0.25) is 5.02 Å². The topological polar surface area (TPSA) is 33.2 Å². The standard InChI is InChI=1S/C23H21ClN2O/c24-22-18-7-3-4-8-20(18)25-21-13-16(9-10-19(21)22)23(27)26-12-11-15-5-1-2-6-17(15)14-26/h1-2,5-6,9-10,13H,3-4,7-8,11-12,14H2. The van der Waals surface area contributed by atoms with E-state index >= 15 is 0 Å². The van der Waals surface area contributed by atoms with Gasteiger partial charge >= 0.3 is 0 Å². The van der Waals surface area contributed by atoms with Crippen molar-refractivity contribution in [2.45, 2.75) is 38.6 Å². The van der Waals surface area contributed by atoms with Gasteiger partial charge in [-0.15, -0.1) is 0 Å². The van der Waals surface area contributed by atoms with Gasteiger partial charge in [0.15, 0.2) is 0 Å². The Kier molecular flexibility index (Phi) is 4.13. The normalized spacial score (nSPS) is 16.1. The number of benzene rings is 2. The zero-order valence-electron chi connectivity index (χ0n) is 15.2. The molecule has 0 unspecified atom stereocenters. The first-order valence-electron chi connectivity index (χ1n) is 9.68.